The van der Waals surface area contributed by atoms with Crippen molar-refractivity contribution in [2.24, 2.45) is 0 Å². The third kappa shape index (κ3) is 2.54. The van der Waals surface area contributed by atoms with E-state index in [9.17, 15) is 15.0 Å². The Kier molecular flexibility index (Phi) is 4.06. The van der Waals surface area contributed by atoms with E-state index in [4.69, 9.17) is 0 Å². The van der Waals surface area contributed by atoms with Gasteiger partial charge in [-0.3, -0.25) is 4.79 Å². The van der Waals surface area contributed by atoms with E-state index in [1.807, 2.05) is 38.1 Å². The normalized spacial score (nSPS) is 13.2. The van der Waals surface area contributed by atoms with Gasteiger partial charge in [0.1, 0.15) is 11.5 Å². The molecular weight excluding hydrogens is 302 g/mol. The first-order valence-corrected chi connectivity index (χ1v) is 8.01. The maximum absolute atomic E-state index is 12.9. The number of phenolic OH excluding ortho intramolecular Hbond substituents is 2. The van der Waals surface area contributed by atoms with E-state index in [0.717, 1.165) is 11.1 Å². The minimum atomic E-state index is -0.242. The lowest BCUT2D eigenvalue weighted by Crippen LogP contribution is -2.25. The maximum Gasteiger partial charge on any atom is 0.258 e. The number of amides is 1. The summed E-state index contributed by atoms with van der Waals surface area (Å²) in [4.78, 5) is 14.6. The Bertz CT molecular complexity index is 799. The number of hydrogen-bond acceptors (Lipinski definition) is 3. The van der Waals surface area contributed by atoms with Gasteiger partial charge in [0.2, 0.25) is 0 Å². The quantitative estimate of drug-likeness (QED) is 0.897. The molecule has 124 valence electrons. The summed E-state index contributed by atoms with van der Waals surface area (Å²) in [6, 6.07) is 9.52. The maximum atomic E-state index is 12.9. The van der Waals surface area contributed by atoms with Gasteiger partial charge in [-0.05, 0) is 28.7 Å². The molecule has 0 saturated heterocycles. The van der Waals surface area contributed by atoms with E-state index in [2.05, 4.69) is 6.58 Å². The van der Waals surface area contributed by atoms with Crippen LogP contribution in [0.3, 0.4) is 0 Å². The highest BCUT2D eigenvalue weighted by molar-refractivity contribution is 5.99. The molecule has 3 rings (SSSR count). The molecule has 0 unspecified atom stereocenters. The predicted molar refractivity (Wildman–Crippen MR) is 94.0 cm³/mol. The lowest BCUT2D eigenvalue weighted by molar-refractivity contribution is 0.0748. The van der Waals surface area contributed by atoms with E-state index in [1.54, 1.807) is 11.0 Å². The van der Waals surface area contributed by atoms with Gasteiger partial charge in [-0.15, -0.1) is 0 Å². The zero-order valence-corrected chi connectivity index (χ0v) is 13.9. The van der Waals surface area contributed by atoms with Crippen LogP contribution in [0.2, 0.25) is 0 Å². The predicted octanol–water partition coefficient (Wildman–Crippen LogP) is 4.02. The van der Waals surface area contributed by atoms with Gasteiger partial charge in [0.05, 0.1) is 11.1 Å². The molecule has 2 aromatic carbocycles. The lowest BCUT2D eigenvalue weighted by Gasteiger charge is -2.20. The van der Waals surface area contributed by atoms with Gasteiger partial charge in [0.15, 0.2) is 0 Å². The molecule has 24 heavy (non-hydrogen) atoms. The van der Waals surface area contributed by atoms with Crippen LogP contribution in [0.15, 0.2) is 36.9 Å². The number of hydrogen-bond donors (Lipinski definition) is 2. The van der Waals surface area contributed by atoms with Gasteiger partial charge >= 0.3 is 0 Å². The van der Waals surface area contributed by atoms with E-state index >= 15 is 0 Å². The van der Waals surface area contributed by atoms with Crippen molar-refractivity contribution in [2.75, 3.05) is 0 Å². The molecule has 1 aliphatic rings. The van der Waals surface area contributed by atoms with Crippen LogP contribution in [0.5, 0.6) is 11.5 Å². The minimum Gasteiger partial charge on any atom is -0.507 e. The zero-order valence-electron chi connectivity index (χ0n) is 13.9. The largest absolute Gasteiger partial charge is 0.507 e. The highest BCUT2D eigenvalue weighted by atomic mass is 16.3. The third-order valence-corrected chi connectivity index (χ3v) is 4.52. The number of fused-ring (bicyclic) bond motifs is 1. The van der Waals surface area contributed by atoms with Crippen molar-refractivity contribution >= 4 is 12.0 Å². The second kappa shape index (κ2) is 6.04. The van der Waals surface area contributed by atoms with Crippen LogP contribution in [-0.4, -0.2) is 21.0 Å². The molecule has 1 heterocycles. The molecule has 0 saturated carbocycles. The van der Waals surface area contributed by atoms with Crippen LogP contribution < -0.4 is 0 Å². The van der Waals surface area contributed by atoms with Crippen LogP contribution in [0.25, 0.3) is 6.08 Å². The van der Waals surface area contributed by atoms with Gasteiger partial charge in [-0.2, -0.15) is 0 Å². The van der Waals surface area contributed by atoms with Crippen LogP contribution in [0.1, 0.15) is 52.4 Å². The summed E-state index contributed by atoms with van der Waals surface area (Å²) in [5, 5.41) is 20.7. The molecule has 2 aromatic rings. The number of phenols is 2. The molecule has 0 atom stereocenters. The smallest absolute Gasteiger partial charge is 0.258 e. The van der Waals surface area contributed by atoms with Crippen LogP contribution >= 0.6 is 0 Å². The fourth-order valence-corrected chi connectivity index (χ4v) is 3.15. The van der Waals surface area contributed by atoms with E-state index < -0.39 is 0 Å². The van der Waals surface area contributed by atoms with Crippen LogP contribution in [0.4, 0.5) is 0 Å². The molecule has 1 amide bonds. The van der Waals surface area contributed by atoms with Crippen molar-refractivity contribution in [1.82, 2.24) is 4.90 Å². The molecule has 0 radical (unpaired) electrons. The van der Waals surface area contributed by atoms with Gasteiger partial charge in [-0.1, -0.05) is 50.8 Å². The summed E-state index contributed by atoms with van der Waals surface area (Å²) in [7, 11) is 0. The van der Waals surface area contributed by atoms with Crippen molar-refractivity contribution in [3.63, 3.8) is 0 Å². The highest BCUT2D eigenvalue weighted by Gasteiger charge is 2.28. The molecule has 0 fully saturated rings. The van der Waals surface area contributed by atoms with Crippen molar-refractivity contribution < 1.29 is 15.0 Å². The topological polar surface area (TPSA) is 60.8 Å². The Morgan fingerprint density at radius 3 is 2.25 bits per heavy atom. The third-order valence-electron chi connectivity index (χ3n) is 4.52. The summed E-state index contributed by atoms with van der Waals surface area (Å²) in [6.45, 7) is 8.54. The van der Waals surface area contributed by atoms with Crippen molar-refractivity contribution in [3.05, 3.63) is 64.7 Å². The van der Waals surface area contributed by atoms with E-state index in [-0.39, 0.29) is 34.5 Å². The van der Waals surface area contributed by atoms with Crippen molar-refractivity contribution in [3.8, 4) is 11.5 Å². The first kappa shape index (κ1) is 16.1. The number of carbonyl (C=O) groups excluding carboxylic acids is 1. The summed E-state index contributed by atoms with van der Waals surface area (Å²) in [5.74, 6) is -0.452. The Morgan fingerprint density at radius 1 is 1.17 bits per heavy atom. The second-order valence-corrected chi connectivity index (χ2v) is 6.41. The van der Waals surface area contributed by atoms with Gasteiger partial charge in [0, 0.05) is 13.1 Å². The van der Waals surface area contributed by atoms with Gasteiger partial charge < -0.3 is 15.1 Å². The van der Waals surface area contributed by atoms with Crippen LogP contribution in [0, 0.1) is 0 Å². The Balaban J connectivity index is 2.02. The molecule has 1 aliphatic heterocycles. The number of aromatic hydroxyl groups is 2. The first-order chi connectivity index (χ1) is 11.4. The Labute approximate surface area is 141 Å². The Morgan fingerprint density at radius 2 is 1.75 bits per heavy atom. The average molecular weight is 323 g/mol. The summed E-state index contributed by atoms with van der Waals surface area (Å²) in [5.41, 5.74) is 3.29. The van der Waals surface area contributed by atoms with Crippen molar-refractivity contribution in [2.45, 2.75) is 32.9 Å². The lowest BCUT2D eigenvalue weighted by atomic mass is 9.94. The highest BCUT2D eigenvalue weighted by Crippen LogP contribution is 2.39. The standard InChI is InChI=1S/C20H21NO3/c1-4-15-18(22)16(12(2)3)9-17(19(15)23)20(24)21-10-13-7-5-6-8-14(13)11-21/h4-9,12,22-23H,1,10-11H2,2-3H3. The Hall–Kier alpha value is -2.75. The fourth-order valence-electron chi connectivity index (χ4n) is 3.15. The van der Waals surface area contributed by atoms with Gasteiger partial charge in [0.25, 0.3) is 5.91 Å². The van der Waals surface area contributed by atoms with Crippen molar-refractivity contribution in [1.29, 1.82) is 0 Å². The summed E-state index contributed by atoms with van der Waals surface area (Å²) in [6.07, 6.45) is 1.38. The fraction of sp³-hybridized carbons (Fsp3) is 0.250. The monoisotopic (exact) mass is 323 g/mol. The van der Waals surface area contributed by atoms with E-state index in [0.29, 0.717) is 18.7 Å². The molecule has 0 spiro atoms. The summed E-state index contributed by atoms with van der Waals surface area (Å²) < 4.78 is 0. The molecule has 2 N–H and O–H groups in total. The zero-order chi connectivity index (χ0) is 17.4. The molecule has 4 nitrogen and oxygen atoms in total. The number of rotatable bonds is 3. The number of nitrogens with zero attached hydrogens (tertiary/aromatic N) is 1. The molecule has 0 aliphatic carbocycles. The number of benzene rings is 2. The average Bonchev–Trinajstić information content (AvgIpc) is 2.98. The van der Waals surface area contributed by atoms with Crippen LogP contribution in [-0.2, 0) is 13.1 Å². The second-order valence-electron chi connectivity index (χ2n) is 6.41. The first-order valence-electron chi connectivity index (χ1n) is 8.01. The number of carbonyl (C=O) groups is 1. The molecular formula is C20H21NO3. The minimum absolute atomic E-state index is 0.0150. The molecule has 0 aromatic heterocycles. The molecule has 0 bridgehead atoms. The van der Waals surface area contributed by atoms with E-state index in [1.165, 1.54) is 6.08 Å². The molecule has 4 heteroatoms. The SMILES string of the molecule is C=Cc1c(O)c(C(=O)N2Cc3ccccc3C2)cc(C(C)C)c1O. The summed E-state index contributed by atoms with van der Waals surface area (Å²) >= 11 is 0. The van der Waals surface area contributed by atoms with Gasteiger partial charge in [-0.25, -0.2) is 0 Å².